The number of rotatable bonds is 5. The summed E-state index contributed by atoms with van der Waals surface area (Å²) in [5, 5.41) is 9.68. The van der Waals surface area contributed by atoms with Crippen LogP contribution >= 0.6 is 0 Å². The number of oxazole rings is 1. The van der Waals surface area contributed by atoms with Gasteiger partial charge in [-0.15, -0.1) is 0 Å². The van der Waals surface area contributed by atoms with Crippen molar-refractivity contribution in [3.8, 4) is 17.2 Å². The molecule has 0 unspecified atom stereocenters. The van der Waals surface area contributed by atoms with Crippen molar-refractivity contribution in [2.75, 3.05) is 12.0 Å². The fourth-order valence-electron chi connectivity index (χ4n) is 3.89. The monoisotopic (exact) mass is 431 g/mol. The van der Waals surface area contributed by atoms with Crippen LogP contribution in [-0.4, -0.2) is 41.0 Å². The highest BCUT2D eigenvalue weighted by Crippen LogP contribution is 2.34. The summed E-state index contributed by atoms with van der Waals surface area (Å²) in [5.74, 6) is 1.01. The van der Waals surface area contributed by atoms with Crippen molar-refractivity contribution in [2.24, 2.45) is 10.3 Å². The topological polar surface area (TPSA) is 101 Å². The first kappa shape index (κ1) is 19.9. The second-order valence-electron chi connectivity index (χ2n) is 7.79. The largest absolute Gasteiger partial charge is 0.497 e. The molecule has 2 atom stereocenters. The Labute approximate surface area is 184 Å². The fraction of sp³-hybridized carbons (Fsp3) is 0.261. The lowest BCUT2D eigenvalue weighted by Gasteiger charge is -2.20. The number of anilines is 1. The van der Waals surface area contributed by atoms with Gasteiger partial charge in [-0.05, 0) is 50.2 Å². The quantitative estimate of drug-likeness (QED) is 0.574. The maximum Gasteiger partial charge on any atom is 0.263 e. The molecule has 0 radical (unpaired) electrons. The van der Waals surface area contributed by atoms with Gasteiger partial charge >= 0.3 is 0 Å². The minimum absolute atomic E-state index is 0.210. The van der Waals surface area contributed by atoms with E-state index in [1.165, 1.54) is 5.01 Å². The van der Waals surface area contributed by atoms with Gasteiger partial charge in [0.15, 0.2) is 12.1 Å². The third-order valence-corrected chi connectivity index (χ3v) is 5.69. The number of imide groups is 1. The molecule has 9 nitrogen and oxygen atoms in total. The van der Waals surface area contributed by atoms with Gasteiger partial charge in [0.2, 0.25) is 5.89 Å². The number of benzene rings is 2. The third-order valence-electron chi connectivity index (χ3n) is 5.69. The van der Waals surface area contributed by atoms with Crippen LogP contribution in [0.2, 0.25) is 0 Å². The lowest BCUT2D eigenvalue weighted by Crippen LogP contribution is -2.39. The number of aryl methyl sites for hydroxylation is 2. The number of methoxy groups -OCH3 is 1. The molecular weight excluding hydrogens is 410 g/mol. The van der Waals surface area contributed by atoms with Crippen molar-refractivity contribution >= 4 is 17.5 Å². The van der Waals surface area contributed by atoms with Crippen LogP contribution in [0.15, 0.2) is 63.3 Å². The van der Waals surface area contributed by atoms with Crippen molar-refractivity contribution in [3.63, 3.8) is 0 Å². The first-order valence-electron chi connectivity index (χ1n) is 10.2. The summed E-state index contributed by atoms with van der Waals surface area (Å²) in [6.45, 7) is 4.04. The minimum atomic E-state index is -0.867. The molecular formula is C23H21N5O4. The van der Waals surface area contributed by atoms with E-state index in [0.717, 1.165) is 16.0 Å². The Kier molecular flexibility index (Phi) is 4.73. The molecule has 0 spiro atoms. The average Bonchev–Trinajstić information content (AvgIpc) is 3.45. The van der Waals surface area contributed by atoms with Crippen molar-refractivity contribution in [2.45, 2.75) is 32.5 Å². The summed E-state index contributed by atoms with van der Waals surface area (Å²) in [7, 11) is 1.56. The molecule has 1 aromatic heterocycles. The minimum Gasteiger partial charge on any atom is -0.497 e. The molecule has 3 aromatic rings. The highest BCUT2D eigenvalue weighted by Gasteiger charge is 2.54. The van der Waals surface area contributed by atoms with E-state index in [0.29, 0.717) is 28.8 Å². The Morgan fingerprint density at radius 2 is 1.72 bits per heavy atom. The van der Waals surface area contributed by atoms with E-state index < -0.39 is 18.0 Å². The summed E-state index contributed by atoms with van der Waals surface area (Å²) in [6.07, 6.45) is 0. The van der Waals surface area contributed by atoms with E-state index in [1.54, 1.807) is 31.4 Å². The molecule has 0 saturated carbocycles. The molecule has 2 amide bonds. The number of ether oxygens (including phenoxy) is 1. The van der Waals surface area contributed by atoms with Crippen LogP contribution in [0.3, 0.4) is 0 Å². The van der Waals surface area contributed by atoms with Gasteiger partial charge in [-0.3, -0.25) is 14.6 Å². The van der Waals surface area contributed by atoms with Crippen LogP contribution in [0.5, 0.6) is 5.75 Å². The highest BCUT2D eigenvalue weighted by molar-refractivity contribution is 6.25. The van der Waals surface area contributed by atoms with E-state index >= 15 is 0 Å². The summed E-state index contributed by atoms with van der Waals surface area (Å²) >= 11 is 0. The number of hydrogen-bond acceptors (Lipinski definition) is 8. The van der Waals surface area contributed by atoms with Gasteiger partial charge in [-0.25, -0.2) is 9.88 Å². The van der Waals surface area contributed by atoms with Crippen molar-refractivity contribution in [1.29, 1.82) is 0 Å². The molecule has 162 valence electrons. The van der Waals surface area contributed by atoms with E-state index in [-0.39, 0.29) is 12.5 Å². The third kappa shape index (κ3) is 3.22. The molecule has 1 fully saturated rings. The Hall–Kier alpha value is -4.01. The Bertz CT molecular complexity index is 1220. The summed E-state index contributed by atoms with van der Waals surface area (Å²) in [5.41, 5.74) is 3.13. The predicted molar refractivity (Wildman–Crippen MR) is 115 cm³/mol. The molecule has 5 rings (SSSR count). The van der Waals surface area contributed by atoms with E-state index in [9.17, 15) is 9.59 Å². The normalized spacial score (nSPS) is 19.7. The lowest BCUT2D eigenvalue weighted by atomic mass is 10.1. The summed E-state index contributed by atoms with van der Waals surface area (Å²) in [6, 6.07) is 13.0. The molecule has 0 aliphatic carbocycles. The van der Waals surface area contributed by atoms with E-state index in [2.05, 4.69) is 15.3 Å². The second kappa shape index (κ2) is 7.60. The lowest BCUT2D eigenvalue weighted by molar-refractivity contribution is -0.123. The number of amides is 2. The summed E-state index contributed by atoms with van der Waals surface area (Å²) < 4.78 is 11.0. The standard InChI is InChI=1S/C23H21N5O4/c1-13-4-6-15(7-5-13)21-24-18(14(2)32-21)12-27-20-19(25-26-27)22(29)28(23(20)30)16-8-10-17(31-3)11-9-16/h4-11,19-20H,12H2,1-3H3/t19-,20+/m0/s1. The van der Waals surface area contributed by atoms with Gasteiger partial charge in [0.1, 0.15) is 17.2 Å². The number of fused-ring (bicyclic) bond motifs is 1. The smallest absolute Gasteiger partial charge is 0.263 e. The Morgan fingerprint density at radius 3 is 2.41 bits per heavy atom. The molecule has 9 heteroatoms. The molecule has 3 heterocycles. The predicted octanol–water partition coefficient (Wildman–Crippen LogP) is 3.46. The maximum atomic E-state index is 13.2. The van der Waals surface area contributed by atoms with Crippen LogP contribution in [0, 0.1) is 13.8 Å². The molecule has 0 N–H and O–H groups in total. The van der Waals surface area contributed by atoms with Gasteiger partial charge in [-0.2, -0.15) is 5.11 Å². The van der Waals surface area contributed by atoms with Gasteiger partial charge in [0.05, 0.1) is 19.3 Å². The van der Waals surface area contributed by atoms with E-state index in [4.69, 9.17) is 9.15 Å². The maximum absolute atomic E-state index is 13.2. The van der Waals surface area contributed by atoms with Gasteiger partial charge < -0.3 is 9.15 Å². The van der Waals surface area contributed by atoms with Crippen LogP contribution in [-0.2, 0) is 16.1 Å². The number of carbonyl (C=O) groups excluding carboxylic acids is 2. The molecule has 2 aliphatic heterocycles. The van der Waals surface area contributed by atoms with Crippen LogP contribution in [0.4, 0.5) is 5.69 Å². The van der Waals surface area contributed by atoms with Crippen LogP contribution < -0.4 is 9.64 Å². The zero-order chi connectivity index (χ0) is 22.4. The van der Waals surface area contributed by atoms with E-state index in [1.807, 2.05) is 38.1 Å². The van der Waals surface area contributed by atoms with Gasteiger partial charge in [0, 0.05) is 5.56 Å². The molecule has 32 heavy (non-hydrogen) atoms. The highest BCUT2D eigenvalue weighted by atomic mass is 16.5. The zero-order valence-corrected chi connectivity index (χ0v) is 17.8. The SMILES string of the molecule is COc1ccc(N2C(=O)[C@H]3N=NN(Cc4nc(-c5ccc(C)cc5)oc4C)[C@H]3C2=O)cc1. The first-order chi connectivity index (χ1) is 15.5. The molecule has 2 aromatic carbocycles. The molecule has 1 saturated heterocycles. The van der Waals surface area contributed by atoms with Gasteiger partial charge in [-0.1, -0.05) is 22.9 Å². The van der Waals surface area contributed by atoms with Crippen molar-refractivity contribution in [3.05, 3.63) is 65.5 Å². The number of aromatic nitrogens is 1. The zero-order valence-electron chi connectivity index (χ0n) is 17.8. The number of nitrogens with zero attached hydrogens (tertiary/aromatic N) is 5. The van der Waals surface area contributed by atoms with Crippen LogP contribution in [0.25, 0.3) is 11.5 Å². The Morgan fingerprint density at radius 1 is 1.00 bits per heavy atom. The average molecular weight is 431 g/mol. The fourth-order valence-corrected chi connectivity index (χ4v) is 3.89. The second-order valence-corrected chi connectivity index (χ2v) is 7.79. The van der Waals surface area contributed by atoms with Crippen molar-refractivity contribution < 1.29 is 18.7 Å². The van der Waals surface area contributed by atoms with Crippen molar-refractivity contribution in [1.82, 2.24) is 9.99 Å². The summed E-state index contributed by atoms with van der Waals surface area (Å²) in [4.78, 5) is 31.8. The molecule has 2 aliphatic rings. The van der Waals surface area contributed by atoms with Crippen LogP contribution in [0.1, 0.15) is 17.0 Å². The number of carbonyl (C=O) groups is 2. The Balaban J connectivity index is 1.38. The number of hydrogen-bond donors (Lipinski definition) is 0. The van der Waals surface area contributed by atoms with Gasteiger partial charge in [0.25, 0.3) is 11.8 Å². The first-order valence-corrected chi connectivity index (χ1v) is 10.2. The molecule has 0 bridgehead atoms.